The molecule has 1 aliphatic rings. The van der Waals surface area contributed by atoms with E-state index in [2.05, 4.69) is 0 Å². The van der Waals surface area contributed by atoms with Gasteiger partial charge in [0, 0.05) is 13.1 Å². The van der Waals surface area contributed by atoms with Gasteiger partial charge in [0.25, 0.3) is 0 Å². The van der Waals surface area contributed by atoms with Crippen LogP contribution in [-0.2, 0) is 25.7 Å². The van der Waals surface area contributed by atoms with E-state index in [4.69, 9.17) is 9.84 Å². The van der Waals surface area contributed by atoms with Crippen molar-refractivity contribution in [2.75, 3.05) is 19.7 Å². The standard InChI is InChI=1S/C18H24N2O5/c1-3-9-19(11-16(22)23)18(24)17-13(2)25-12-15(21)20(17)10-14-7-5-4-6-8-14/h4-8,13,17H,3,9-12H2,1-2H3,(H,22,23)/t13-,17+/m1/s1. The quantitative estimate of drug-likeness (QED) is 0.798. The summed E-state index contributed by atoms with van der Waals surface area (Å²) in [5.41, 5.74) is 0.906. The van der Waals surface area contributed by atoms with Crippen molar-refractivity contribution in [2.45, 2.75) is 39.0 Å². The molecule has 0 aromatic heterocycles. The molecule has 136 valence electrons. The van der Waals surface area contributed by atoms with Gasteiger partial charge in [0.05, 0.1) is 6.10 Å². The van der Waals surface area contributed by atoms with Crippen LogP contribution in [0.5, 0.6) is 0 Å². The number of carboxylic acid groups (broad SMARTS) is 1. The highest BCUT2D eigenvalue weighted by Crippen LogP contribution is 2.20. The highest BCUT2D eigenvalue weighted by molar-refractivity contribution is 5.91. The maximum atomic E-state index is 13.0. The first-order chi connectivity index (χ1) is 11.9. The van der Waals surface area contributed by atoms with E-state index in [1.54, 1.807) is 6.92 Å². The van der Waals surface area contributed by atoms with Gasteiger partial charge >= 0.3 is 5.97 Å². The van der Waals surface area contributed by atoms with Crippen molar-refractivity contribution in [1.29, 1.82) is 0 Å². The smallest absolute Gasteiger partial charge is 0.323 e. The molecule has 2 amide bonds. The van der Waals surface area contributed by atoms with Crippen molar-refractivity contribution in [1.82, 2.24) is 9.80 Å². The summed E-state index contributed by atoms with van der Waals surface area (Å²) in [6, 6.07) is 8.56. The van der Waals surface area contributed by atoms with Crippen LogP contribution in [0.1, 0.15) is 25.8 Å². The highest BCUT2D eigenvalue weighted by atomic mass is 16.5. The lowest BCUT2D eigenvalue weighted by Crippen LogP contribution is -2.60. The molecule has 1 N–H and O–H groups in total. The molecule has 7 nitrogen and oxygen atoms in total. The molecule has 0 unspecified atom stereocenters. The SMILES string of the molecule is CCCN(CC(=O)O)C(=O)[C@@H]1[C@@H](C)OCC(=O)N1Cc1ccccc1. The summed E-state index contributed by atoms with van der Waals surface area (Å²) < 4.78 is 5.44. The first-order valence-electron chi connectivity index (χ1n) is 8.39. The number of carbonyl (C=O) groups is 3. The maximum absolute atomic E-state index is 13.0. The number of nitrogens with zero attached hydrogens (tertiary/aromatic N) is 2. The molecule has 1 aromatic rings. The minimum absolute atomic E-state index is 0.0789. The van der Waals surface area contributed by atoms with Crippen LogP contribution in [0.25, 0.3) is 0 Å². The third-order valence-corrected chi connectivity index (χ3v) is 4.15. The topological polar surface area (TPSA) is 87.1 Å². The van der Waals surface area contributed by atoms with E-state index < -0.39 is 18.1 Å². The van der Waals surface area contributed by atoms with Gasteiger partial charge in [-0.05, 0) is 18.9 Å². The first kappa shape index (κ1) is 18.9. The molecule has 2 atom stereocenters. The molecule has 0 radical (unpaired) electrons. The summed E-state index contributed by atoms with van der Waals surface area (Å²) >= 11 is 0. The lowest BCUT2D eigenvalue weighted by Gasteiger charge is -2.40. The fraction of sp³-hybridized carbons (Fsp3) is 0.500. The molecule has 1 aromatic carbocycles. The Hall–Kier alpha value is -2.41. The largest absolute Gasteiger partial charge is 0.480 e. The molecule has 0 saturated carbocycles. The van der Waals surface area contributed by atoms with E-state index in [9.17, 15) is 14.4 Å². The van der Waals surface area contributed by atoms with Gasteiger partial charge in [-0.25, -0.2) is 0 Å². The molecule has 1 aliphatic heterocycles. The molecule has 1 saturated heterocycles. The fourth-order valence-corrected chi connectivity index (χ4v) is 2.97. The Morgan fingerprint density at radius 1 is 1.32 bits per heavy atom. The van der Waals surface area contributed by atoms with E-state index >= 15 is 0 Å². The molecule has 0 aliphatic carbocycles. The zero-order valence-electron chi connectivity index (χ0n) is 14.6. The van der Waals surface area contributed by atoms with Crippen molar-refractivity contribution >= 4 is 17.8 Å². The zero-order valence-corrected chi connectivity index (χ0v) is 14.6. The van der Waals surface area contributed by atoms with Gasteiger partial charge in [0.15, 0.2) is 0 Å². The van der Waals surface area contributed by atoms with Crippen molar-refractivity contribution in [2.24, 2.45) is 0 Å². The Labute approximate surface area is 147 Å². The summed E-state index contributed by atoms with van der Waals surface area (Å²) in [5, 5.41) is 9.07. The Balaban J connectivity index is 2.26. The third-order valence-electron chi connectivity index (χ3n) is 4.15. The Kier molecular flexibility index (Phi) is 6.52. The lowest BCUT2D eigenvalue weighted by atomic mass is 10.0. The van der Waals surface area contributed by atoms with Crippen LogP contribution in [0.2, 0.25) is 0 Å². The minimum atomic E-state index is -1.08. The second-order valence-corrected chi connectivity index (χ2v) is 6.12. The van der Waals surface area contributed by atoms with Crippen LogP contribution in [0, 0.1) is 0 Å². The normalized spacial score (nSPS) is 20.4. The van der Waals surface area contributed by atoms with Crippen LogP contribution >= 0.6 is 0 Å². The number of ether oxygens (including phenoxy) is 1. The second kappa shape index (κ2) is 8.62. The number of benzene rings is 1. The number of hydrogen-bond donors (Lipinski definition) is 1. The Bertz CT molecular complexity index is 619. The molecule has 1 heterocycles. The molecule has 7 heteroatoms. The predicted octanol–water partition coefficient (Wildman–Crippen LogP) is 1.13. The van der Waals surface area contributed by atoms with E-state index in [1.807, 2.05) is 37.3 Å². The summed E-state index contributed by atoms with van der Waals surface area (Å²) in [4.78, 5) is 39.2. The summed E-state index contributed by atoms with van der Waals surface area (Å²) in [5.74, 6) is -1.74. The Morgan fingerprint density at radius 3 is 2.60 bits per heavy atom. The molecule has 1 fully saturated rings. The number of hydrogen-bond acceptors (Lipinski definition) is 4. The Morgan fingerprint density at radius 2 is 2.00 bits per heavy atom. The number of amides is 2. The van der Waals surface area contributed by atoms with Gasteiger partial charge in [0.1, 0.15) is 19.2 Å². The van der Waals surface area contributed by atoms with E-state index in [0.717, 1.165) is 5.56 Å². The summed E-state index contributed by atoms with van der Waals surface area (Å²) in [6.07, 6.45) is 0.134. The average Bonchev–Trinajstić information content (AvgIpc) is 2.58. The molecule has 2 rings (SSSR count). The molecule has 0 spiro atoms. The number of rotatable bonds is 7. The third kappa shape index (κ3) is 4.79. The minimum Gasteiger partial charge on any atom is -0.480 e. The highest BCUT2D eigenvalue weighted by Gasteiger charge is 2.41. The zero-order chi connectivity index (χ0) is 18.4. The molecular formula is C18H24N2O5. The van der Waals surface area contributed by atoms with Crippen LogP contribution in [0.3, 0.4) is 0 Å². The lowest BCUT2D eigenvalue weighted by molar-refractivity contribution is -0.168. The fourth-order valence-electron chi connectivity index (χ4n) is 2.97. The van der Waals surface area contributed by atoms with Crippen LogP contribution in [-0.4, -0.2) is 64.5 Å². The average molecular weight is 348 g/mol. The van der Waals surface area contributed by atoms with Crippen LogP contribution in [0.15, 0.2) is 30.3 Å². The molecular weight excluding hydrogens is 324 g/mol. The number of carboxylic acids is 1. The maximum Gasteiger partial charge on any atom is 0.323 e. The van der Waals surface area contributed by atoms with Crippen molar-refractivity contribution in [3.63, 3.8) is 0 Å². The van der Waals surface area contributed by atoms with Gasteiger partial charge in [0.2, 0.25) is 11.8 Å². The van der Waals surface area contributed by atoms with Crippen LogP contribution in [0.4, 0.5) is 0 Å². The molecule has 25 heavy (non-hydrogen) atoms. The second-order valence-electron chi connectivity index (χ2n) is 6.12. The summed E-state index contributed by atoms with van der Waals surface area (Å²) in [7, 11) is 0. The van der Waals surface area contributed by atoms with E-state index in [1.165, 1.54) is 9.80 Å². The van der Waals surface area contributed by atoms with Crippen molar-refractivity contribution in [3.8, 4) is 0 Å². The first-order valence-corrected chi connectivity index (χ1v) is 8.39. The van der Waals surface area contributed by atoms with Crippen LogP contribution < -0.4 is 0 Å². The van der Waals surface area contributed by atoms with Crippen molar-refractivity contribution in [3.05, 3.63) is 35.9 Å². The number of morpholine rings is 1. The van der Waals surface area contributed by atoms with Crippen molar-refractivity contribution < 1.29 is 24.2 Å². The van der Waals surface area contributed by atoms with E-state index in [0.29, 0.717) is 13.0 Å². The predicted molar refractivity (Wildman–Crippen MR) is 90.7 cm³/mol. The van der Waals surface area contributed by atoms with E-state index in [-0.39, 0.29) is 31.5 Å². The van der Waals surface area contributed by atoms with Gasteiger partial charge in [-0.2, -0.15) is 0 Å². The molecule has 0 bridgehead atoms. The summed E-state index contributed by atoms with van der Waals surface area (Å²) in [6.45, 7) is 3.75. The number of aliphatic carboxylic acids is 1. The van der Waals surface area contributed by atoms with Gasteiger partial charge < -0.3 is 19.6 Å². The van der Waals surface area contributed by atoms with Gasteiger partial charge in [-0.15, -0.1) is 0 Å². The number of carbonyl (C=O) groups excluding carboxylic acids is 2. The monoisotopic (exact) mass is 348 g/mol. The van der Waals surface area contributed by atoms with Gasteiger partial charge in [-0.1, -0.05) is 37.3 Å². The van der Waals surface area contributed by atoms with Gasteiger partial charge in [-0.3, -0.25) is 14.4 Å².